The van der Waals surface area contributed by atoms with Gasteiger partial charge < -0.3 is 5.32 Å². The topological polar surface area (TPSA) is 15.3 Å². The lowest BCUT2D eigenvalue weighted by Gasteiger charge is -2.51. The Balaban J connectivity index is 3.04. The molecule has 0 aromatic carbocycles. The van der Waals surface area contributed by atoms with Crippen molar-refractivity contribution >= 4 is 0 Å². The molecule has 0 aliphatic heterocycles. The third-order valence-electron chi connectivity index (χ3n) is 4.86. The number of nitrogens with zero attached hydrogens (tertiary/aromatic N) is 1. The lowest BCUT2D eigenvalue weighted by Crippen LogP contribution is -2.64. The predicted octanol–water partition coefficient (Wildman–Crippen LogP) is 4.06. The zero-order valence-electron chi connectivity index (χ0n) is 14.2. The highest BCUT2D eigenvalue weighted by Gasteiger charge is 2.48. The quantitative estimate of drug-likeness (QED) is 0.749. The molecule has 0 aromatic rings. The van der Waals surface area contributed by atoms with Crippen molar-refractivity contribution in [2.75, 3.05) is 19.6 Å². The third kappa shape index (κ3) is 3.72. The van der Waals surface area contributed by atoms with Crippen molar-refractivity contribution in [2.24, 2.45) is 5.41 Å². The summed E-state index contributed by atoms with van der Waals surface area (Å²) in [6, 6.07) is 0.599. The molecule has 1 saturated carbocycles. The Morgan fingerprint density at radius 2 is 1.58 bits per heavy atom. The van der Waals surface area contributed by atoms with Crippen LogP contribution in [0.2, 0.25) is 0 Å². The summed E-state index contributed by atoms with van der Waals surface area (Å²) in [5.74, 6) is 0. The Bertz CT molecular complexity index is 244. The summed E-state index contributed by atoms with van der Waals surface area (Å²) in [4.78, 5) is 2.73. The molecule has 0 heterocycles. The summed E-state index contributed by atoms with van der Waals surface area (Å²) < 4.78 is 0. The molecular weight excluding hydrogens is 232 g/mol. The Kier molecular flexibility index (Phi) is 6.32. The maximum absolute atomic E-state index is 3.90. The zero-order chi connectivity index (χ0) is 14.5. The van der Waals surface area contributed by atoms with Crippen LogP contribution in [0.1, 0.15) is 73.6 Å². The van der Waals surface area contributed by atoms with Crippen LogP contribution in [0.5, 0.6) is 0 Å². The fraction of sp³-hybridized carbons (Fsp3) is 1.00. The van der Waals surface area contributed by atoms with Gasteiger partial charge in [0.15, 0.2) is 0 Å². The standard InChI is InChI=1S/C17H36N2/c1-7-14-18-15(16(4,5)6)17(12-10-11-13-17)19(8-2)9-3/h15,18H,7-14H2,1-6H3. The Morgan fingerprint density at radius 3 is 1.95 bits per heavy atom. The molecule has 1 fully saturated rings. The minimum Gasteiger partial charge on any atom is -0.312 e. The van der Waals surface area contributed by atoms with Gasteiger partial charge in [-0.25, -0.2) is 0 Å². The summed E-state index contributed by atoms with van der Waals surface area (Å²) in [6.07, 6.45) is 6.76. The summed E-state index contributed by atoms with van der Waals surface area (Å²) in [6.45, 7) is 17.6. The minimum absolute atomic E-state index is 0.322. The second-order valence-electron chi connectivity index (χ2n) is 7.24. The van der Waals surface area contributed by atoms with E-state index in [1.54, 1.807) is 0 Å². The number of likely N-dealkylation sites (N-methyl/N-ethyl adjacent to an activating group) is 1. The van der Waals surface area contributed by atoms with Gasteiger partial charge in [-0.05, 0) is 44.3 Å². The predicted molar refractivity (Wildman–Crippen MR) is 85.7 cm³/mol. The van der Waals surface area contributed by atoms with Crippen LogP contribution >= 0.6 is 0 Å². The molecule has 1 aliphatic rings. The van der Waals surface area contributed by atoms with Crippen LogP contribution in [0.25, 0.3) is 0 Å². The molecule has 0 saturated heterocycles. The first-order valence-corrected chi connectivity index (χ1v) is 8.40. The molecule has 1 atom stereocenters. The maximum Gasteiger partial charge on any atom is 0.0367 e. The van der Waals surface area contributed by atoms with Crippen molar-refractivity contribution in [2.45, 2.75) is 85.2 Å². The molecule has 1 unspecified atom stereocenters. The summed E-state index contributed by atoms with van der Waals surface area (Å²) in [7, 11) is 0. The summed E-state index contributed by atoms with van der Waals surface area (Å²) in [5.41, 5.74) is 0.707. The molecule has 1 aliphatic carbocycles. The minimum atomic E-state index is 0.322. The van der Waals surface area contributed by atoms with E-state index in [9.17, 15) is 0 Å². The summed E-state index contributed by atoms with van der Waals surface area (Å²) >= 11 is 0. The molecule has 2 nitrogen and oxygen atoms in total. The van der Waals surface area contributed by atoms with Gasteiger partial charge in [0.25, 0.3) is 0 Å². The van der Waals surface area contributed by atoms with E-state index in [0.29, 0.717) is 17.0 Å². The van der Waals surface area contributed by atoms with E-state index in [0.717, 1.165) is 6.54 Å². The van der Waals surface area contributed by atoms with Gasteiger partial charge in [-0.15, -0.1) is 0 Å². The molecular formula is C17H36N2. The van der Waals surface area contributed by atoms with Gasteiger partial charge in [0.2, 0.25) is 0 Å². The van der Waals surface area contributed by atoms with Crippen molar-refractivity contribution in [1.82, 2.24) is 10.2 Å². The monoisotopic (exact) mass is 268 g/mol. The van der Waals surface area contributed by atoms with E-state index < -0.39 is 0 Å². The second-order valence-corrected chi connectivity index (χ2v) is 7.24. The van der Waals surface area contributed by atoms with Gasteiger partial charge in [0.1, 0.15) is 0 Å². The Hall–Kier alpha value is -0.0800. The summed E-state index contributed by atoms with van der Waals surface area (Å²) in [5, 5.41) is 3.90. The second kappa shape index (κ2) is 7.08. The van der Waals surface area contributed by atoms with Gasteiger partial charge in [0.05, 0.1) is 0 Å². The SMILES string of the molecule is CCCNC(C(C)(C)C)C1(N(CC)CC)CCCC1. The van der Waals surface area contributed by atoms with Crippen molar-refractivity contribution < 1.29 is 0 Å². The van der Waals surface area contributed by atoms with Crippen LogP contribution < -0.4 is 5.32 Å². The molecule has 2 heteroatoms. The van der Waals surface area contributed by atoms with E-state index in [-0.39, 0.29) is 0 Å². The van der Waals surface area contributed by atoms with Crippen LogP contribution in [0.15, 0.2) is 0 Å². The first-order valence-electron chi connectivity index (χ1n) is 8.40. The molecule has 0 bridgehead atoms. The fourth-order valence-electron chi connectivity index (χ4n) is 4.22. The van der Waals surface area contributed by atoms with Crippen LogP contribution in [0.4, 0.5) is 0 Å². The molecule has 1 rings (SSSR count). The maximum atomic E-state index is 3.90. The van der Waals surface area contributed by atoms with Crippen molar-refractivity contribution in [3.8, 4) is 0 Å². The van der Waals surface area contributed by atoms with Crippen LogP contribution in [0.3, 0.4) is 0 Å². The smallest absolute Gasteiger partial charge is 0.0367 e. The lowest BCUT2D eigenvalue weighted by molar-refractivity contribution is 0.0187. The van der Waals surface area contributed by atoms with Crippen LogP contribution in [-0.4, -0.2) is 36.1 Å². The van der Waals surface area contributed by atoms with Gasteiger partial charge in [-0.2, -0.15) is 0 Å². The van der Waals surface area contributed by atoms with Gasteiger partial charge >= 0.3 is 0 Å². The Labute approximate surface area is 121 Å². The first-order chi connectivity index (χ1) is 8.92. The molecule has 0 aromatic heterocycles. The van der Waals surface area contributed by atoms with Crippen molar-refractivity contribution in [3.63, 3.8) is 0 Å². The van der Waals surface area contributed by atoms with Gasteiger partial charge in [-0.1, -0.05) is 54.4 Å². The number of nitrogens with one attached hydrogen (secondary N) is 1. The average Bonchev–Trinajstić information content (AvgIpc) is 2.79. The van der Waals surface area contributed by atoms with Crippen LogP contribution in [0, 0.1) is 5.41 Å². The van der Waals surface area contributed by atoms with Gasteiger partial charge in [0, 0.05) is 11.6 Å². The number of hydrogen-bond donors (Lipinski definition) is 1. The first kappa shape index (κ1) is 17.0. The molecule has 0 spiro atoms. The lowest BCUT2D eigenvalue weighted by atomic mass is 9.72. The highest BCUT2D eigenvalue weighted by molar-refractivity contribution is 5.07. The van der Waals surface area contributed by atoms with E-state index >= 15 is 0 Å². The highest BCUT2D eigenvalue weighted by atomic mass is 15.2. The average molecular weight is 268 g/mol. The molecule has 114 valence electrons. The van der Waals surface area contributed by atoms with Crippen LogP contribution in [-0.2, 0) is 0 Å². The number of hydrogen-bond acceptors (Lipinski definition) is 2. The molecule has 0 amide bonds. The van der Waals surface area contributed by atoms with Crippen molar-refractivity contribution in [1.29, 1.82) is 0 Å². The highest BCUT2D eigenvalue weighted by Crippen LogP contribution is 2.43. The normalized spacial score (nSPS) is 21.0. The zero-order valence-corrected chi connectivity index (χ0v) is 14.2. The van der Waals surface area contributed by atoms with E-state index in [1.807, 2.05) is 0 Å². The fourth-order valence-corrected chi connectivity index (χ4v) is 4.22. The van der Waals surface area contributed by atoms with Gasteiger partial charge in [-0.3, -0.25) is 4.90 Å². The largest absolute Gasteiger partial charge is 0.312 e. The van der Waals surface area contributed by atoms with Crippen molar-refractivity contribution in [3.05, 3.63) is 0 Å². The number of rotatable bonds is 7. The molecule has 0 radical (unpaired) electrons. The third-order valence-corrected chi connectivity index (χ3v) is 4.86. The van der Waals surface area contributed by atoms with E-state index in [4.69, 9.17) is 0 Å². The molecule has 1 N–H and O–H groups in total. The molecule has 19 heavy (non-hydrogen) atoms. The van der Waals surface area contributed by atoms with E-state index in [2.05, 4.69) is 51.8 Å². The Morgan fingerprint density at radius 1 is 1.05 bits per heavy atom. The van der Waals surface area contributed by atoms with E-state index in [1.165, 1.54) is 45.2 Å².